The van der Waals surface area contributed by atoms with E-state index in [4.69, 9.17) is 11.6 Å². The van der Waals surface area contributed by atoms with E-state index in [1.807, 2.05) is 6.07 Å². The fourth-order valence-electron chi connectivity index (χ4n) is 2.49. The third kappa shape index (κ3) is 4.26. The normalized spacial score (nSPS) is 23.1. The lowest BCUT2D eigenvalue weighted by Crippen LogP contribution is -2.21. The molecule has 1 fully saturated rings. The number of hydrogen-bond donors (Lipinski definition) is 1. The van der Waals surface area contributed by atoms with Crippen molar-refractivity contribution in [2.45, 2.75) is 63.7 Å². The van der Waals surface area contributed by atoms with E-state index in [0.29, 0.717) is 11.2 Å². The van der Waals surface area contributed by atoms with Gasteiger partial charge in [-0.2, -0.15) is 11.8 Å². The first-order valence-corrected chi connectivity index (χ1v) is 8.74. The Labute approximate surface area is 131 Å². The van der Waals surface area contributed by atoms with Crippen LogP contribution >= 0.6 is 23.4 Å². The van der Waals surface area contributed by atoms with Gasteiger partial charge in [-0.25, -0.2) is 9.97 Å². The van der Waals surface area contributed by atoms with Gasteiger partial charge >= 0.3 is 0 Å². The van der Waals surface area contributed by atoms with Crippen molar-refractivity contribution in [1.29, 1.82) is 0 Å². The average molecular weight is 314 g/mol. The molecular weight excluding hydrogens is 290 g/mol. The molecule has 0 bridgehead atoms. The van der Waals surface area contributed by atoms with Crippen LogP contribution in [0.1, 0.15) is 52.8 Å². The maximum Gasteiger partial charge on any atom is 0.137 e. The zero-order valence-corrected chi connectivity index (χ0v) is 14.3. The van der Waals surface area contributed by atoms with Crippen molar-refractivity contribution in [3.63, 3.8) is 0 Å². The van der Waals surface area contributed by atoms with Gasteiger partial charge < -0.3 is 5.32 Å². The van der Waals surface area contributed by atoms with Gasteiger partial charge in [0.25, 0.3) is 0 Å². The molecule has 1 N–H and O–H groups in total. The highest BCUT2D eigenvalue weighted by molar-refractivity contribution is 7.99. The fraction of sp³-hybridized carbons (Fsp3) is 0.733. The second-order valence-corrected chi connectivity index (χ2v) is 8.35. The van der Waals surface area contributed by atoms with Gasteiger partial charge in [0, 0.05) is 22.8 Å². The van der Waals surface area contributed by atoms with Crippen LogP contribution in [0.3, 0.4) is 0 Å². The van der Waals surface area contributed by atoms with Crippen molar-refractivity contribution in [2.75, 3.05) is 11.1 Å². The molecule has 0 aliphatic heterocycles. The Morgan fingerprint density at radius 3 is 2.75 bits per heavy atom. The zero-order chi connectivity index (χ0) is 14.8. The van der Waals surface area contributed by atoms with Crippen molar-refractivity contribution < 1.29 is 0 Å². The minimum absolute atomic E-state index is 0.0857. The summed E-state index contributed by atoms with van der Waals surface area (Å²) in [6, 6.07) is 2.34. The molecule has 1 aromatic rings. The van der Waals surface area contributed by atoms with E-state index in [1.54, 1.807) is 0 Å². The van der Waals surface area contributed by atoms with Crippen molar-refractivity contribution >= 4 is 29.2 Å². The van der Waals surface area contributed by atoms with Crippen LogP contribution in [-0.4, -0.2) is 27.0 Å². The third-order valence-corrected chi connectivity index (χ3v) is 4.93. The Morgan fingerprint density at radius 2 is 2.10 bits per heavy atom. The number of aromatic nitrogens is 2. The van der Waals surface area contributed by atoms with Gasteiger partial charge in [-0.3, -0.25) is 0 Å². The quantitative estimate of drug-likeness (QED) is 0.830. The molecule has 1 aromatic heterocycles. The van der Waals surface area contributed by atoms with Crippen LogP contribution in [0.25, 0.3) is 0 Å². The molecule has 2 unspecified atom stereocenters. The first kappa shape index (κ1) is 15.9. The van der Waals surface area contributed by atoms with Crippen LogP contribution in [-0.2, 0) is 5.41 Å². The summed E-state index contributed by atoms with van der Waals surface area (Å²) >= 11 is 8.19. The SMILES string of the molecule is CCSC1CCC(Nc2cc(Cl)nc(C(C)(C)C)n2)C1. The van der Waals surface area contributed by atoms with Gasteiger partial charge in [0.05, 0.1) is 0 Å². The molecule has 1 heterocycles. The van der Waals surface area contributed by atoms with Gasteiger partial charge in [0.15, 0.2) is 0 Å². The molecule has 1 aliphatic rings. The number of nitrogens with one attached hydrogen (secondary N) is 1. The van der Waals surface area contributed by atoms with Crippen molar-refractivity contribution in [1.82, 2.24) is 9.97 Å². The number of rotatable bonds is 4. The zero-order valence-electron chi connectivity index (χ0n) is 12.7. The molecule has 2 atom stereocenters. The van der Waals surface area contributed by atoms with E-state index in [1.165, 1.54) is 25.0 Å². The van der Waals surface area contributed by atoms with E-state index in [2.05, 4.69) is 54.7 Å². The van der Waals surface area contributed by atoms with Crippen LogP contribution in [0.4, 0.5) is 5.82 Å². The highest BCUT2D eigenvalue weighted by Crippen LogP contribution is 2.32. The maximum absolute atomic E-state index is 6.12. The van der Waals surface area contributed by atoms with E-state index < -0.39 is 0 Å². The van der Waals surface area contributed by atoms with E-state index in [9.17, 15) is 0 Å². The number of nitrogens with zero attached hydrogens (tertiary/aromatic N) is 2. The van der Waals surface area contributed by atoms with E-state index in [0.717, 1.165) is 16.9 Å². The molecule has 0 aromatic carbocycles. The molecular formula is C15H24ClN3S. The molecule has 1 aliphatic carbocycles. The van der Waals surface area contributed by atoms with Gasteiger partial charge in [-0.15, -0.1) is 0 Å². The largest absolute Gasteiger partial charge is 0.367 e. The van der Waals surface area contributed by atoms with Crippen LogP contribution in [0.2, 0.25) is 5.15 Å². The van der Waals surface area contributed by atoms with E-state index >= 15 is 0 Å². The standard InChI is InChI=1S/C15H24ClN3S/c1-5-20-11-7-6-10(8-11)17-13-9-12(16)18-14(19-13)15(2,3)4/h9-11H,5-8H2,1-4H3,(H,17,18,19). The predicted molar refractivity (Wildman–Crippen MR) is 88.9 cm³/mol. The molecule has 5 heteroatoms. The summed E-state index contributed by atoms with van der Waals surface area (Å²) in [6.07, 6.45) is 3.72. The van der Waals surface area contributed by atoms with Gasteiger partial charge in [-0.05, 0) is 25.0 Å². The number of hydrogen-bond acceptors (Lipinski definition) is 4. The molecule has 3 nitrogen and oxygen atoms in total. The van der Waals surface area contributed by atoms with Crippen LogP contribution in [0.5, 0.6) is 0 Å². The van der Waals surface area contributed by atoms with Gasteiger partial charge in [-0.1, -0.05) is 39.3 Å². The first-order valence-electron chi connectivity index (χ1n) is 7.31. The highest BCUT2D eigenvalue weighted by atomic mass is 35.5. The molecule has 1 saturated carbocycles. The minimum atomic E-state index is -0.0857. The number of anilines is 1. The summed E-state index contributed by atoms with van der Waals surface area (Å²) < 4.78 is 0. The molecule has 0 spiro atoms. The molecule has 2 rings (SSSR count). The van der Waals surface area contributed by atoms with Crippen LogP contribution in [0.15, 0.2) is 6.07 Å². The Kier molecular flexibility index (Phi) is 5.19. The molecule has 20 heavy (non-hydrogen) atoms. The smallest absolute Gasteiger partial charge is 0.137 e. The second-order valence-electron chi connectivity index (χ2n) is 6.38. The second kappa shape index (κ2) is 6.52. The fourth-order valence-corrected chi connectivity index (χ4v) is 3.82. The lowest BCUT2D eigenvalue weighted by molar-refractivity contribution is 0.545. The Balaban J connectivity index is 2.05. The van der Waals surface area contributed by atoms with E-state index in [-0.39, 0.29) is 5.41 Å². The Morgan fingerprint density at radius 1 is 1.35 bits per heavy atom. The summed E-state index contributed by atoms with van der Waals surface area (Å²) in [5.74, 6) is 2.86. The number of thioether (sulfide) groups is 1. The monoisotopic (exact) mass is 313 g/mol. The van der Waals surface area contributed by atoms with Crippen LogP contribution in [0, 0.1) is 0 Å². The van der Waals surface area contributed by atoms with Crippen molar-refractivity contribution in [2.24, 2.45) is 0 Å². The number of halogens is 1. The van der Waals surface area contributed by atoms with Gasteiger partial charge in [0.2, 0.25) is 0 Å². The van der Waals surface area contributed by atoms with Crippen molar-refractivity contribution in [3.05, 3.63) is 17.0 Å². The topological polar surface area (TPSA) is 37.8 Å². The summed E-state index contributed by atoms with van der Waals surface area (Å²) in [6.45, 7) is 8.54. The maximum atomic E-state index is 6.12. The molecule has 0 amide bonds. The molecule has 112 valence electrons. The predicted octanol–water partition coefficient (Wildman–Crippen LogP) is 4.51. The lowest BCUT2D eigenvalue weighted by Gasteiger charge is -2.19. The first-order chi connectivity index (χ1) is 9.38. The summed E-state index contributed by atoms with van der Waals surface area (Å²) in [5, 5.41) is 4.84. The summed E-state index contributed by atoms with van der Waals surface area (Å²) in [4.78, 5) is 8.96. The van der Waals surface area contributed by atoms with Crippen molar-refractivity contribution in [3.8, 4) is 0 Å². The summed E-state index contributed by atoms with van der Waals surface area (Å²) in [5.41, 5.74) is -0.0857. The molecule has 0 radical (unpaired) electrons. The van der Waals surface area contributed by atoms with Gasteiger partial charge in [0.1, 0.15) is 16.8 Å². The Bertz CT molecular complexity index is 459. The lowest BCUT2D eigenvalue weighted by atomic mass is 9.96. The molecule has 0 saturated heterocycles. The highest BCUT2D eigenvalue weighted by Gasteiger charge is 2.25. The third-order valence-electron chi connectivity index (χ3n) is 3.50. The Hall–Kier alpha value is -0.480. The van der Waals surface area contributed by atoms with Crippen LogP contribution < -0.4 is 5.32 Å². The minimum Gasteiger partial charge on any atom is -0.367 e. The average Bonchev–Trinajstić information content (AvgIpc) is 2.75. The summed E-state index contributed by atoms with van der Waals surface area (Å²) in [7, 11) is 0.